The summed E-state index contributed by atoms with van der Waals surface area (Å²) in [6, 6.07) is 3.65. The van der Waals surface area contributed by atoms with Crippen molar-refractivity contribution in [3.05, 3.63) is 22.8 Å². The highest BCUT2D eigenvalue weighted by molar-refractivity contribution is 9.10. The van der Waals surface area contributed by atoms with Gasteiger partial charge in [0.1, 0.15) is 6.61 Å². The van der Waals surface area contributed by atoms with Gasteiger partial charge in [-0.1, -0.05) is 0 Å². The first-order chi connectivity index (χ1) is 7.74. The van der Waals surface area contributed by atoms with Crippen LogP contribution in [-0.4, -0.2) is 30.8 Å². The van der Waals surface area contributed by atoms with Crippen molar-refractivity contribution in [1.82, 2.24) is 10.3 Å². The van der Waals surface area contributed by atoms with Crippen LogP contribution in [0.4, 0.5) is 4.79 Å². The number of carbonyl (C=O) groups is 1. The quantitative estimate of drug-likeness (QED) is 0.917. The van der Waals surface area contributed by atoms with Crippen LogP contribution in [-0.2, 0) is 4.74 Å². The van der Waals surface area contributed by atoms with Crippen molar-refractivity contribution < 1.29 is 14.3 Å². The fourth-order valence-electron chi connectivity index (χ4n) is 1.29. The normalized spacial score (nSPS) is 19.8. The molecule has 1 N–H and O–H groups in total. The van der Waals surface area contributed by atoms with Gasteiger partial charge in [0.2, 0.25) is 5.88 Å². The van der Waals surface area contributed by atoms with Crippen molar-refractivity contribution in [2.24, 2.45) is 5.92 Å². The lowest BCUT2D eigenvalue weighted by Gasteiger charge is -2.22. The summed E-state index contributed by atoms with van der Waals surface area (Å²) in [5.74, 6) is 0.739. The third-order valence-corrected chi connectivity index (χ3v) is 2.62. The van der Waals surface area contributed by atoms with Gasteiger partial charge >= 0.3 is 6.09 Å². The van der Waals surface area contributed by atoms with Crippen LogP contribution in [0, 0.1) is 5.92 Å². The second-order valence-electron chi connectivity index (χ2n) is 3.47. The summed E-state index contributed by atoms with van der Waals surface area (Å²) in [4.78, 5) is 14.8. The first-order valence-electron chi connectivity index (χ1n) is 4.89. The standard InChI is InChI=1S/C10H11BrN2O3/c11-8-1-2-9(12-4-8)15-5-7-3-13-10(14)16-6-7/h1-2,4,7H,3,5-6H2,(H,13,14). The van der Waals surface area contributed by atoms with Crippen molar-refractivity contribution in [1.29, 1.82) is 0 Å². The van der Waals surface area contributed by atoms with Gasteiger partial charge in [-0.25, -0.2) is 9.78 Å². The zero-order chi connectivity index (χ0) is 11.4. The van der Waals surface area contributed by atoms with Crippen LogP contribution in [0.15, 0.2) is 22.8 Å². The van der Waals surface area contributed by atoms with Gasteiger partial charge < -0.3 is 14.8 Å². The van der Waals surface area contributed by atoms with Gasteiger partial charge in [0.25, 0.3) is 0 Å². The van der Waals surface area contributed by atoms with Crippen molar-refractivity contribution in [2.75, 3.05) is 19.8 Å². The number of carbonyl (C=O) groups excluding carboxylic acids is 1. The molecule has 1 aromatic heterocycles. The van der Waals surface area contributed by atoms with Crippen LogP contribution in [0.2, 0.25) is 0 Å². The molecule has 1 aromatic rings. The van der Waals surface area contributed by atoms with E-state index < -0.39 is 0 Å². The van der Waals surface area contributed by atoms with Crippen LogP contribution < -0.4 is 10.1 Å². The Morgan fingerprint density at radius 2 is 2.50 bits per heavy atom. The predicted molar refractivity (Wildman–Crippen MR) is 60.3 cm³/mol. The minimum Gasteiger partial charge on any atom is -0.477 e. The molecule has 6 heteroatoms. The monoisotopic (exact) mass is 286 g/mol. The van der Waals surface area contributed by atoms with E-state index >= 15 is 0 Å². The van der Waals surface area contributed by atoms with Gasteiger partial charge in [-0.05, 0) is 22.0 Å². The number of nitrogens with one attached hydrogen (secondary N) is 1. The zero-order valence-corrected chi connectivity index (χ0v) is 10.1. The summed E-state index contributed by atoms with van der Waals surface area (Å²) in [6.45, 7) is 1.45. The highest BCUT2D eigenvalue weighted by atomic mass is 79.9. The van der Waals surface area contributed by atoms with Gasteiger partial charge in [0.15, 0.2) is 0 Å². The fraction of sp³-hybridized carbons (Fsp3) is 0.400. The van der Waals surface area contributed by atoms with Crippen LogP contribution in [0.3, 0.4) is 0 Å². The number of ether oxygens (including phenoxy) is 2. The molecule has 0 aromatic carbocycles. The maximum atomic E-state index is 10.7. The molecule has 1 aliphatic rings. The molecule has 0 spiro atoms. The summed E-state index contributed by atoms with van der Waals surface area (Å²) >= 11 is 3.29. The van der Waals surface area contributed by atoms with Crippen molar-refractivity contribution in [2.45, 2.75) is 0 Å². The molecule has 1 amide bonds. The molecular weight excluding hydrogens is 276 g/mol. The van der Waals surface area contributed by atoms with Crippen LogP contribution in [0.25, 0.3) is 0 Å². The maximum absolute atomic E-state index is 10.7. The molecule has 0 saturated carbocycles. The summed E-state index contributed by atoms with van der Waals surface area (Å²) < 4.78 is 11.2. The molecule has 2 heterocycles. The zero-order valence-electron chi connectivity index (χ0n) is 8.48. The van der Waals surface area contributed by atoms with Crippen LogP contribution >= 0.6 is 15.9 Å². The Morgan fingerprint density at radius 1 is 1.62 bits per heavy atom. The molecule has 1 atom stereocenters. The van der Waals surface area contributed by atoms with Gasteiger partial charge in [-0.3, -0.25) is 0 Å². The van der Waals surface area contributed by atoms with E-state index in [1.807, 2.05) is 6.07 Å². The van der Waals surface area contributed by atoms with E-state index in [-0.39, 0.29) is 12.0 Å². The lowest BCUT2D eigenvalue weighted by molar-refractivity contribution is 0.0827. The number of nitrogens with zero attached hydrogens (tertiary/aromatic N) is 1. The molecule has 2 rings (SSSR count). The van der Waals surface area contributed by atoms with E-state index in [0.29, 0.717) is 25.6 Å². The Hall–Kier alpha value is -1.30. The van der Waals surface area contributed by atoms with E-state index in [2.05, 4.69) is 26.2 Å². The van der Waals surface area contributed by atoms with E-state index in [9.17, 15) is 4.79 Å². The second kappa shape index (κ2) is 5.16. The van der Waals surface area contributed by atoms with Crippen molar-refractivity contribution in [3.63, 3.8) is 0 Å². The molecule has 0 aliphatic carbocycles. The van der Waals surface area contributed by atoms with E-state index in [0.717, 1.165) is 4.47 Å². The molecule has 1 unspecified atom stereocenters. The number of hydrogen-bond donors (Lipinski definition) is 1. The fourth-order valence-corrected chi connectivity index (χ4v) is 1.52. The molecule has 0 radical (unpaired) electrons. The van der Waals surface area contributed by atoms with Crippen LogP contribution in [0.1, 0.15) is 0 Å². The number of amides is 1. The number of hydrogen-bond acceptors (Lipinski definition) is 4. The summed E-state index contributed by atoms with van der Waals surface area (Å²) in [7, 11) is 0. The molecule has 5 nitrogen and oxygen atoms in total. The third-order valence-electron chi connectivity index (χ3n) is 2.15. The average Bonchev–Trinajstić information content (AvgIpc) is 2.30. The predicted octanol–water partition coefficient (Wildman–Crippen LogP) is 1.58. The van der Waals surface area contributed by atoms with Gasteiger partial charge in [-0.2, -0.15) is 0 Å². The molecule has 1 saturated heterocycles. The smallest absolute Gasteiger partial charge is 0.407 e. The van der Waals surface area contributed by atoms with Crippen molar-refractivity contribution in [3.8, 4) is 5.88 Å². The molecule has 0 bridgehead atoms. The molecular formula is C10H11BrN2O3. The Bertz CT molecular complexity index is 359. The van der Waals surface area contributed by atoms with Gasteiger partial charge in [-0.15, -0.1) is 0 Å². The lowest BCUT2D eigenvalue weighted by Crippen LogP contribution is -2.41. The first kappa shape index (κ1) is 11.2. The number of pyridine rings is 1. The average molecular weight is 287 g/mol. The number of alkyl carbamates (subject to hydrolysis) is 1. The number of halogens is 1. The maximum Gasteiger partial charge on any atom is 0.407 e. The highest BCUT2D eigenvalue weighted by Gasteiger charge is 2.19. The number of cyclic esters (lactones) is 1. The number of rotatable bonds is 3. The highest BCUT2D eigenvalue weighted by Crippen LogP contribution is 2.13. The van der Waals surface area contributed by atoms with E-state index in [4.69, 9.17) is 9.47 Å². The van der Waals surface area contributed by atoms with Crippen molar-refractivity contribution >= 4 is 22.0 Å². The second-order valence-corrected chi connectivity index (χ2v) is 4.39. The minimum absolute atomic E-state index is 0.170. The summed E-state index contributed by atoms with van der Waals surface area (Å²) in [5, 5.41) is 2.61. The summed E-state index contributed by atoms with van der Waals surface area (Å²) in [6.07, 6.45) is 1.31. The number of aromatic nitrogens is 1. The first-order valence-corrected chi connectivity index (χ1v) is 5.68. The summed E-state index contributed by atoms with van der Waals surface area (Å²) in [5.41, 5.74) is 0. The largest absolute Gasteiger partial charge is 0.477 e. The van der Waals surface area contributed by atoms with E-state index in [1.54, 1.807) is 12.3 Å². The molecule has 1 fully saturated rings. The van der Waals surface area contributed by atoms with Crippen LogP contribution in [0.5, 0.6) is 5.88 Å². The topological polar surface area (TPSA) is 60.5 Å². The Balaban J connectivity index is 1.79. The third kappa shape index (κ3) is 3.10. The Kier molecular flexibility index (Phi) is 3.61. The van der Waals surface area contributed by atoms with Gasteiger partial charge in [0.05, 0.1) is 6.61 Å². The molecule has 86 valence electrons. The van der Waals surface area contributed by atoms with Gasteiger partial charge in [0, 0.05) is 29.2 Å². The SMILES string of the molecule is O=C1NCC(COc2ccc(Br)cn2)CO1. The Labute approximate surface area is 101 Å². The molecule has 16 heavy (non-hydrogen) atoms. The lowest BCUT2D eigenvalue weighted by atomic mass is 10.1. The van der Waals surface area contributed by atoms with E-state index in [1.165, 1.54) is 0 Å². The minimum atomic E-state index is -0.363. The molecule has 1 aliphatic heterocycles. The Morgan fingerprint density at radius 3 is 3.12 bits per heavy atom.